The summed E-state index contributed by atoms with van der Waals surface area (Å²) >= 11 is 0. The highest BCUT2D eigenvalue weighted by Gasteiger charge is 2.08. The summed E-state index contributed by atoms with van der Waals surface area (Å²) in [4.78, 5) is 0. The number of ether oxygens (including phenoxy) is 2. The fourth-order valence-electron chi connectivity index (χ4n) is 1.42. The van der Waals surface area contributed by atoms with E-state index in [1.807, 2.05) is 26.1 Å². The molecule has 0 heterocycles. The van der Waals surface area contributed by atoms with E-state index >= 15 is 0 Å². The van der Waals surface area contributed by atoms with Crippen LogP contribution in [0.2, 0.25) is 0 Å². The second kappa shape index (κ2) is 6.43. The van der Waals surface area contributed by atoms with Gasteiger partial charge in [-0.2, -0.15) is 0 Å². The Morgan fingerprint density at radius 2 is 1.93 bits per heavy atom. The average molecular weight is 209 g/mol. The van der Waals surface area contributed by atoms with E-state index in [0.29, 0.717) is 6.61 Å². The van der Waals surface area contributed by atoms with Crippen molar-refractivity contribution in [2.24, 2.45) is 0 Å². The molecule has 0 bridgehead atoms. The predicted molar refractivity (Wildman–Crippen MR) is 61.3 cm³/mol. The highest BCUT2D eigenvalue weighted by atomic mass is 16.5. The lowest BCUT2D eigenvalue weighted by Crippen LogP contribution is -2.21. The number of hydrogen-bond acceptors (Lipinski definition) is 3. The van der Waals surface area contributed by atoms with Crippen LogP contribution in [0.15, 0.2) is 24.3 Å². The van der Waals surface area contributed by atoms with Crippen LogP contribution < -0.4 is 10.1 Å². The molecule has 0 aliphatic rings. The third-order valence-electron chi connectivity index (χ3n) is 2.36. The molecular weight excluding hydrogens is 190 g/mol. The van der Waals surface area contributed by atoms with Crippen LogP contribution in [-0.4, -0.2) is 27.4 Å². The van der Waals surface area contributed by atoms with E-state index < -0.39 is 0 Å². The summed E-state index contributed by atoms with van der Waals surface area (Å²) in [7, 11) is 3.61. The first-order chi connectivity index (χ1) is 7.31. The molecule has 84 valence electrons. The zero-order valence-electron chi connectivity index (χ0n) is 9.62. The van der Waals surface area contributed by atoms with E-state index in [2.05, 4.69) is 17.4 Å². The lowest BCUT2D eigenvalue weighted by molar-refractivity contribution is 0.125. The number of likely N-dealkylation sites (N-methyl/N-ethyl adjacent to an activating group) is 1. The molecule has 0 saturated heterocycles. The maximum Gasteiger partial charge on any atom is 0.118 e. The minimum Gasteiger partial charge on any atom is -0.497 e. The molecule has 1 aromatic rings. The van der Waals surface area contributed by atoms with Crippen molar-refractivity contribution in [2.45, 2.75) is 13.0 Å². The summed E-state index contributed by atoms with van der Waals surface area (Å²) < 4.78 is 10.5. The average Bonchev–Trinajstić information content (AvgIpc) is 2.31. The number of nitrogens with one attached hydrogen (secondary N) is 1. The number of benzene rings is 1. The topological polar surface area (TPSA) is 30.5 Å². The molecule has 0 spiro atoms. The van der Waals surface area contributed by atoms with Crippen LogP contribution in [0.25, 0.3) is 0 Å². The largest absolute Gasteiger partial charge is 0.497 e. The van der Waals surface area contributed by atoms with Gasteiger partial charge < -0.3 is 14.8 Å². The van der Waals surface area contributed by atoms with Gasteiger partial charge in [-0.3, -0.25) is 0 Å². The molecule has 1 rings (SSSR count). The van der Waals surface area contributed by atoms with Gasteiger partial charge in [-0.1, -0.05) is 12.1 Å². The maximum absolute atomic E-state index is 5.40. The highest BCUT2D eigenvalue weighted by molar-refractivity contribution is 5.29. The lowest BCUT2D eigenvalue weighted by Gasteiger charge is -2.16. The molecule has 0 radical (unpaired) electrons. The van der Waals surface area contributed by atoms with Crippen LogP contribution in [0.3, 0.4) is 0 Å². The van der Waals surface area contributed by atoms with Gasteiger partial charge in [0.2, 0.25) is 0 Å². The van der Waals surface area contributed by atoms with Crippen molar-refractivity contribution in [3.05, 3.63) is 29.8 Å². The van der Waals surface area contributed by atoms with Crippen LogP contribution in [0.1, 0.15) is 18.5 Å². The SMILES string of the molecule is CCOCC(NC)c1ccc(OC)cc1. The van der Waals surface area contributed by atoms with Crippen LogP contribution in [-0.2, 0) is 4.74 Å². The van der Waals surface area contributed by atoms with Gasteiger partial charge in [-0.15, -0.1) is 0 Å². The highest BCUT2D eigenvalue weighted by Crippen LogP contribution is 2.17. The molecule has 3 heteroatoms. The Hall–Kier alpha value is -1.06. The van der Waals surface area contributed by atoms with Crippen LogP contribution >= 0.6 is 0 Å². The van der Waals surface area contributed by atoms with Gasteiger partial charge in [-0.05, 0) is 31.7 Å². The second-order valence-electron chi connectivity index (χ2n) is 3.27. The molecule has 0 aliphatic carbocycles. The normalized spacial score (nSPS) is 12.5. The smallest absolute Gasteiger partial charge is 0.118 e. The van der Waals surface area contributed by atoms with Crippen molar-refractivity contribution in [3.8, 4) is 5.75 Å². The summed E-state index contributed by atoms with van der Waals surface area (Å²) in [6.45, 7) is 3.44. The molecule has 1 atom stereocenters. The molecule has 15 heavy (non-hydrogen) atoms. The predicted octanol–water partition coefficient (Wildman–Crippen LogP) is 1.99. The first-order valence-electron chi connectivity index (χ1n) is 5.20. The molecule has 0 amide bonds. The van der Waals surface area contributed by atoms with Crippen LogP contribution in [0.4, 0.5) is 0 Å². The van der Waals surface area contributed by atoms with E-state index in [1.165, 1.54) is 5.56 Å². The fraction of sp³-hybridized carbons (Fsp3) is 0.500. The standard InChI is InChI=1S/C12H19NO2/c1-4-15-9-12(13-2)10-5-7-11(14-3)8-6-10/h5-8,12-13H,4,9H2,1-3H3. The van der Waals surface area contributed by atoms with Crippen molar-refractivity contribution >= 4 is 0 Å². The molecule has 0 saturated carbocycles. The number of rotatable bonds is 6. The van der Waals surface area contributed by atoms with Gasteiger partial charge in [-0.25, -0.2) is 0 Å². The summed E-state index contributed by atoms with van der Waals surface area (Å²) in [6.07, 6.45) is 0. The van der Waals surface area contributed by atoms with Gasteiger partial charge in [0, 0.05) is 6.61 Å². The van der Waals surface area contributed by atoms with Gasteiger partial charge in [0.15, 0.2) is 0 Å². The van der Waals surface area contributed by atoms with E-state index in [9.17, 15) is 0 Å². The van der Waals surface area contributed by atoms with E-state index in [-0.39, 0.29) is 6.04 Å². The summed E-state index contributed by atoms with van der Waals surface area (Å²) in [6, 6.07) is 8.28. The lowest BCUT2D eigenvalue weighted by atomic mass is 10.1. The maximum atomic E-state index is 5.40. The van der Waals surface area contributed by atoms with Crippen molar-refractivity contribution in [2.75, 3.05) is 27.4 Å². The Morgan fingerprint density at radius 3 is 2.40 bits per heavy atom. The Labute approximate surface area is 91.4 Å². The van der Waals surface area contributed by atoms with Gasteiger partial charge in [0.25, 0.3) is 0 Å². The van der Waals surface area contributed by atoms with Crippen LogP contribution in [0, 0.1) is 0 Å². The van der Waals surface area contributed by atoms with Crippen LogP contribution in [0.5, 0.6) is 5.75 Å². The van der Waals surface area contributed by atoms with Crippen molar-refractivity contribution < 1.29 is 9.47 Å². The van der Waals surface area contributed by atoms with E-state index in [4.69, 9.17) is 9.47 Å². The number of hydrogen-bond donors (Lipinski definition) is 1. The van der Waals surface area contributed by atoms with Gasteiger partial charge in [0.1, 0.15) is 5.75 Å². The third kappa shape index (κ3) is 3.53. The van der Waals surface area contributed by atoms with Crippen molar-refractivity contribution in [1.82, 2.24) is 5.32 Å². The minimum atomic E-state index is 0.246. The molecule has 1 N–H and O–H groups in total. The first kappa shape index (κ1) is 12.0. The quantitative estimate of drug-likeness (QED) is 0.777. The third-order valence-corrected chi connectivity index (χ3v) is 2.36. The van der Waals surface area contributed by atoms with E-state index in [0.717, 1.165) is 12.4 Å². The molecule has 0 aliphatic heterocycles. The molecule has 1 aromatic carbocycles. The van der Waals surface area contributed by atoms with Gasteiger partial charge >= 0.3 is 0 Å². The Kier molecular flexibility index (Phi) is 5.15. The summed E-state index contributed by atoms with van der Waals surface area (Å²) in [5, 5.41) is 3.22. The Morgan fingerprint density at radius 1 is 1.27 bits per heavy atom. The zero-order chi connectivity index (χ0) is 11.1. The first-order valence-corrected chi connectivity index (χ1v) is 5.20. The molecule has 3 nitrogen and oxygen atoms in total. The Balaban J connectivity index is 2.65. The zero-order valence-corrected chi connectivity index (χ0v) is 9.62. The molecule has 0 fully saturated rings. The summed E-state index contributed by atoms with van der Waals surface area (Å²) in [5.41, 5.74) is 1.21. The van der Waals surface area contributed by atoms with Crippen molar-refractivity contribution in [3.63, 3.8) is 0 Å². The second-order valence-corrected chi connectivity index (χ2v) is 3.27. The van der Waals surface area contributed by atoms with Crippen molar-refractivity contribution in [1.29, 1.82) is 0 Å². The fourth-order valence-corrected chi connectivity index (χ4v) is 1.42. The molecule has 1 unspecified atom stereocenters. The summed E-state index contributed by atoms with van der Waals surface area (Å²) in [5.74, 6) is 0.880. The minimum absolute atomic E-state index is 0.246. The monoisotopic (exact) mass is 209 g/mol. The van der Waals surface area contributed by atoms with E-state index in [1.54, 1.807) is 7.11 Å². The number of methoxy groups -OCH3 is 1. The molecule has 0 aromatic heterocycles. The Bertz CT molecular complexity index is 271. The van der Waals surface area contributed by atoms with Gasteiger partial charge in [0.05, 0.1) is 19.8 Å². The molecular formula is C12H19NO2.